The largest absolute Gasteiger partial charge is 0.497 e. The Hall–Kier alpha value is -1.97. The Labute approximate surface area is 160 Å². The van der Waals surface area contributed by atoms with Crippen molar-refractivity contribution in [2.24, 2.45) is 0 Å². The molecule has 0 fully saturated rings. The molecule has 1 amide bonds. The first-order valence-electron chi connectivity index (χ1n) is 7.67. The van der Waals surface area contributed by atoms with Gasteiger partial charge in [0.05, 0.1) is 24.2 Å². The number of ether oxygens (including phenoxy) is 1. The van der Waals surface area contributed by atoms with E-state index in [1.54, 1.807) is 13.0 Å². The van der Waals surface area contributed by atoms with Gasteiger partial charge in [0.1, 0.15) is 11.6 Å². The van der Waals surface area contributed by atoms with Crippen LogP contribution in [0, 0.1) is 5.82 Å². The van der Waals surface area contributed by atoms with Crippen LogP contribution < -0.4 is 10.1 Å². The van der Waals surface area contributed by atoms with E-state index in [0.29, 0.717) is 10.2 Å². The van der Waals surface area contributed by atoms with Crippen LogP contribution in [0.15, 0.2) is 51.8 Å². The number of benzene rings is 2. The average Bonchev–Trinajstić information content (AvgIpc) is 2.62. The number of nitrogens with zero attached hydrogens (tertiary/aromatic N) is 1. The molecule has 0 atom stereocenters. The van der Waals surface area contributed by atoms with Crippen LogP contribution in [-0.2, 0) is 14.8 Å². The summed E-state index contributed by atoms with van der Waals surface area (Å²) < 4.78 is 45.7. The second kappa shape index (κ2) is 8.61. The fourth-order valence-corrected chi connectivity index (χ4v) is 3.94. The van der Waals surface area contributed by atoms with E-state index in [4.69, 9.17) is 4.74 Å². The standard InChI is InChI=1S/C17H18BrFN2O4S/c1-3-21(26(23,24)14-7-5-13(25-2)6-8-14)11-17(22)20-16-9-4-12(18)10-15(16)19/h4-10H,3,11H2,1-2H3,(H,20,22). The molecule has 26 heavy (non-hydrogen) atoms. The Morgan fingerprint density at radius 1 is 1.23 bits per heavy atom. The van der Waals surface area contributed by atoms with Crippen LogP contribution in [0.1, 0.15) is 6.92 Å². The molecule has 6 nitrogen and oxygen atoms in total. The number of anilines is 1. The summed E-state index contributed by atoms with van der Waals surface area (Å²) in [4.78, 5) is 12.2. The number of amides is 1. The lowest BCUT2D eigenvalue weighted by Crippen LogP contribution is -2.37. The van der Waals surface area contributed by atoms with Gasteiger partial charge in [-0.2, -0.15) is 4.31 Å². The first-order valence-corrected chi connectivity index (χ1v) is 9.90. The van der Waals surface area contributed by atoms with E-state index in [-0.39, 0.29) is 17.1 Å². The summed E-state index contributed by atoms with van der Waals surface area (Å²) in [6, 6.07) is 10.0. The quantitative estimate of drug-likeness (QED) is 0.710. The number of nitrogens with one attached hydrogen (secondary N) is 1. The highest BCUT2D eigenvalue weighted by molar-refractivity contribution is 9.10. The van der Waals surface area contributed by atoms with Crippen molar-refractivity contribution < 1.29 is 22.3 Å². The number of rotatable bonds is 7. The number of methoxy groups -OCH3 is 1. The molecule has 1 N–H and O–H groups in total. The smallest absolute Gasteiger partial charge is 0.243 e. The fourth-order valence-electron chi connectivity index (χ4n) is 2.20. The fraction of sp³-hybridized carbons (Fsp3) is 0.235. The normalized spacial score (nSPS) is 11.4. The molecule has 0 saturated heterocycles. The molecule has 0 spiro atoms. The number of likely N-dealkylation sites (N-methyl/N-ethyl adjacent to an activating group) is 1. The Morgan fingerprint density at radius 3 is 2.42 bits per heavy atom. The molecule has 2 rings (SSSR count). The summed E-state index contributed by atoms with van der Waals surface area (Å²) >= 11 is 3.13. The maximum atomic E-state index is 13.8. The SMILES string of the molecule is CCN(CC(=O)Nc1ccc(Br)cc1F)S(=O)(=O)c1ccc(OC)cc1. The predicted octanol–water partition coefficient (Wildman–Crippen LogP) is 3.25. The zero-order valence-corrected chi connectivity index (χ0v) is 16.6. The molecule has 0 aliphatic carbocycles. The van der Waals surface area contributed by atoms with Crippen molar-refractivity contribution in [1.29, 1.82) is 0 Å². The van der Waals surface area contributed by atoms with E-state index in [1.165, 1.54) is 43.5 Å². The number of carbonyl (C=O) groups is 1. The summed E-state index contributed by atoms with van der Waals surface area (Å²) in [6.07, 6.45) is 0. The molecule has 0 unspecified atom stereocenters. The maximum absolute atomic E-state index is 13.8. The van der Waals surface area contributed by atoms with Crippen molar-refractivity contribution in [2.45, 2.75) is 11.8 Å². The molecule has 9 heteroatoms. The maximum Gasteiger partial charge on any atom is 0.243 e. The minimum atomic E-state index is -3.86. The molecule has 0 aromatic heterocycles. The molecule has 0 radical (unpaired) electrons. The van der Waals surface area contributed by atoms with E-state index in [2.05, 4.69) is 21.2 Å². The van der Waals surface area contributed by atoms with Gasteiger partial charge in [-0.3, -0.25) is 4.79 Å². The molecule has 2 aromatic rings. The van der Waals surface area contributed by atoms with Crippen LogP contribution in [-0.4, -0.2) is 38.8 Å². The lowest BCUT2D eigenvalue weighted by Gasteiger charge is -2.20. The zero-order valence-electron chi connectivity index (χ0n) is 14.2. The first kappa shape index (κ1) is 20.3. The van der Waals surface area contributed by atoms with Crippen LogP contribution in [0.3, 0.4) is 0 Å². The van der Waals surface area contributed by atoms with Crippen molar-refractivity contribution in [3.63, 3.8) is 0 Å². The van der Waals surface area contributed by atoms with Gasteiger partial charge in [0, 0.05) is 11.0 Å². The summed E-state index contributed by atoms with van der Waals surface area (Å²) in [6.45, 7) is 1.28. The monoisotopic (exact) mass is 444 g/mol. The van der Waals surface area contributed by atoms with Crippen molar-refractivity contribution in [3.8, 4) is 5.75 Å². The molecule has 0 saturated carbocycles. The van der Waals surface area contributed by atoms with E-state index in [9.17, 15) is 17.6 Å². The highest BCUT2D eigenvalue weighted by atomic mass is 79.9. The van der Waals surface area contributed by atoms with Crippen molar-refractivity contribution >= 4 is 37.5 Å². The Kier molecular flexibility index (Phi) is 6.74. The van der Waals surface area contributed by atoms with Crippen LogP contribution in [0.5, 0.6) is 5.75 Å². The number of carbonyl (C=O) groups excluding carboxylic acids is 1. The third-order valence-corrected chi connectivity index (χ3v) is 6.00. The van der Waals surface area contributed by atoms with Crippen molar-refractivity contribution in [2.75, 3.05) is 25.5 Å². The Bertz CT molecular complexity index is 888. The number of hydrogen-bond acceptors (Lipinski definition) is 4. The van der Waals surface area contributed by atoms with Gasteiger partial charge < -0.3 is 10.1 Å². The molecule has 0 heterocycles. The molecule has 0 aliphatic rings. The number of sulfonamides is 1. The second-order valence-corrected chi connectivity index (χ2v) is 8.13. The molecule has 0 bridgehead atoms. The van der Waals surface area contributed by atoms with E-state index in [0.717, 1.165) is 4.31 Å². The third-order valence-electron chi connectivity index (χ3n) is 3.58. The van der Waals surface area contributed by atoms with Gasteiger partial charge in [-0.25, -0.2) is 12.8 Å². The molecule has 0 aliphatic heterocycles. The lowest BCUT2D eigenvalue weighted by atomic mass is 10.3. The highest BCUT2D eigenvalue weighted by Crippen LogP contribution is 2.21. The second-order valence-electron chi connectivity index (χ2n) is 5.28. The van der Waals surface area contributed by atoms with Gasteiger partial charge >= 0.3 is 0 Å². The van der Waals surface area contributed by atoms with Crippen molar-refractivity contribution in [3.05, 3.63) is 52.8 Å². The highest BCUT2D eigenvalue weighted by Gasteiger charge is 2.25. The molecular weight excluding hydrogens is 427 g/mol. The van der Waals surface area contributed by atoms with Gasteiger partial charge in [-0.05, 0) is 42.5 Å². The lowest BCUT2D eigenvalue weighted by molar-refractivity contribution is -0.116. The van der Waals surface area contributed by atoms with Gasteiger partial charge in [0.25, 0.3) is 0 Å². The van der Waals surface area contributed by atoms with Gasteiger partial charge in [0.2, 0.25) is 15.9 Å². The molecule has 2 aromatic carbocycles. The van der Waals surface area contributed by atoms with Gasteiger partial charge in [-0.15, -0.1) is 0 Å². The van der Waals surface area contributed by atoms with Crippen LogP contribution in [0.2, 0.25) is 0 Å². The van der Waals surface area contributed by atoms with Crippen LogP contribution >= 0.6 is 15.9 Å². The Balaban J connectivity index is 2.14. The number of halogens is 2. The van der Waals surface area contributed by atoms with E-state index < -0.39 is 28.3 Å². The van der Waals surface area contributed by atoms with Crippen molar-refractivity contribution in [1.82, 2.24) is 4.31 Å². The summed E-state index contributed by atoms with van der Waals surface area (Å²) in [5.74, 6) is -0.727. The summed E-state index contributed by atoms with van der Waals surface area (Å²) in [5.41, 5.74) is -0.0175. The summed E-state index contributed by atoms with van der Waals surface area (Å²) in [5, 5.41) is 2.38. The average molecular weight is 445 g/mol. The topological polar surface area (TPSA) is 75.7 Å². The third kappa shape index (κ3) is 4.80. The molecular formula is C17H18BrFN2O4S. The van der Waals surface area contributed by atoms with Crippen LogP contribution in [0.4, 0.5) is 10.1 Å². The minimum Gasteiger partial charge on any atom is -0.497 e. The first-order chi connectivity index (χ1) is 12.3. The minimum absolute atomic E-state index is 0.0175. The van der Waals surface area contributed by atoms with Gasteiger partial charge in [0.15, 0.2) is 0 Å². The number of hydrogen-bond donors (Lipinski definition) is 1. The zero-order chi connectivity index (χ0) is 19.3. The van der Waals surface area contributed by atoms with E-state index >= 15 is 0 Å². The predicted molar refractivity (Wildman–Crippen MR) is 100 cm³/mol. The van der Waals surface area contributed by atoms with E-state index in [1.807, 2.05) is 0 Å². The Morgan fingerprint density at radius 2 is 1.88 bits per heavy atom. The summed E-state index contributed by atoms with van der Waals surface area (Å²) in [7, 11) is -2.39. The molecule has 140 valence electrons. The van der Waals surface area contributed by atoms with Gasteiger partial charge in [-0.1, -0.05) is 22.9 Å². The van der Waals surface area contributed by atoms with Crippen LogP contribution in [0.25, 0.3) is 0 Å².